The van der Waals surface area contributed by atoms with Crippen LogP contribution in [0.5, 0.6) is 5.88 Å². The third-order valence-electron chi connectivity index (χ3n) is 4.63. The van der Waals surface area contributed by atoms with E-state index in [0.717, 1.165) is 35.2 Å². The monoisotopic (exact) mass is 360 g/mol. The van der Waals surface area contributed by atoms with Crippen molar-refractivity contribution in [2.75, 3.05) is 11.5 Å². The Morgan fingerprint density at radius 2 is 2.12 bits per heavy atom. The smallest absolute Gasteiger partial charge is 0.237 e. The van der Waals surface area contributed by atoms with Crippen LogP contribution >= 0.6 is 23.5 Å². The number of ether oxygens (including phenoxy) is 1. The van der Waals surface area contributed by atoms with Gasteiger partial charge in [-0.3, -0.25) is 9.98 Å². The zero-order valence-corrected chi connectivity index (χ0v) is 15.1. The van der Waals surface area contributed by atoms with E-state index in [4.69, 9.17) is 15.5 Å². The van der Waals surface area contributed by atoms with Gasteiger partial charge in [-0.2, -0.15) is 11.8 Å². The summed E-state index contributed by atoms with van der Waals surface area (Å²) >= 11 is 3.76. The molecule has 3 heterocycles. The van der Waals surface area contributed by atoms with Gasteiger partial charge < -0.3 is 10.5 Å². The van der Waals surface area contributed by atoms with E-state index in [9.17, 15) is 0 Å². The Balaban J connectivity index is 1.53. The van der Waals surface area contributed by atoms with Crippen molar-refractivity contribution in [3.8, 4) is 5.88 Å². The highest BCUT2D eigenvalue weighted by molar-refractivity contribution is 8.15. The van der Waals surface area contributed by atoms with Crippen molar-refractivity contribution >= 4 is 28.6 Å². The van der Waals surface area contributed by atoms with Gasteiger partial charge in [0, 0.05) is 12.4 Å². The van der Waals surface area contributed by atoms with Gasteiger partial charge >= 0.3 is 0 Å². The number of allylic oxidation sites excluding steroid dienone is 1. The molecule has 1 aliphatic carbocycles. The predicted octanol–water partition coefficient (Wildman–Crippen LogP) is 2.81. The van der Waals surface area contributed by atoms with Crippen LogP contribution < -0.4 is 10.5 Å². The zero-order valence-electron chi connectivity index (χ0n) is 13.5. The van der Waals surface area contributed by atoms with Crippen LogP contribution in [0.15, 0.2) is 47.6 Å². The van der Waals surface area contributed by atoms with Gasteiger partial charge in [0.15, 0.2) is 0 Å². The SMILES string of the molecule is CC12C=CC(Oc3cnccn3)=CC1SC(C1(N)CCSCC1)=N2. The van der Waals surface area contributed by atoms with Crippen LogP contribution in [0.2, 0.25) is 0 Å². The lowest BCUT2D eigenvalue weighted by atomic mass is 9.91. The van der Waals surface area contributed by atoms with Gasteiger partial charge in [0.25, 0.3) is 0 Å². The molecule has 5 nitrogen and oxygen atoms in total. The third kappa shape index (κ3) is 3.00. The largest absolute Gasteiger partial charge is 0.438 e. The molecule has 0 amide bonds. The minimum atomic E-state index is -0.260. The molecule has 126 valence electrons. The second-order valence-electron chi connectivity index (χ2n) is 6.50. The average molecular weight is 361 g/mol. The number of aromatic nitrogens is 2. The Bertz CT molecular complexity index is 713. The minimum Gasteiger partial charge on any atom is -0.438 e. The first-order chi connectivity index (χ1) is 11.6. The summed E-state index contributed by atoms with van der Waals surface area (Å²) in [6.07, 6.45) is 13.1. The number of thioether (sulfide) groups is 2. The highest BCUT2D eigenvalue weighted by Gasteiger charge is 2.46. The number of hydrogen-bond acceptors (Lipinski definition) is 7. The molecule has 0 bridgehead atoms. The van der Waals surface area contributed by atoms with Crippen LogP contribution in [0.4, 0.5) is 0 Å². The van der Waals surface area contributed by atoms with Gasteiger partial charge in [-0.05, 0) is 43.4 Å². The first kappa shape index (κ1) is 16.2. The van der Waals surface area contributed by atoms with Gasteiger partial charge in [0.1, 0.15) is 5.76 Å². The van der Waals surface area contributed by atoms with Crippen molar-refractivity contribution in [1.29, 1.82) is 0 Å². The maximum atomic E-state index is 6.68. The van der Waals surface area contributed by atoms with Gasteiger partial charge in [-0.25, -0.2) is 4.98 Å². The molecule has 0 aromatic carbocycles. The molecule has 7 heteroatoms. The number of hydrogen-bond donors (Lipinski definition) is 1. The maximum absolute atomic E-state index is 6.68. The minimum absolute atomic E-state index is 0.208. The second-order valence-corrected chi connectivity index (χ2v) is 8.85. The number of rotatable bonds is 3. The van der Waals surface area contributed by atoms with Crippen LogP contribution in [0.3, 0.4) is 0 Å². The zero-order chi connectivity index (χ0) is 16.6. The summed E-state index contributed by atoms with van der Waals surface area (Å²) in [6.45, 7) is 2.16. The van der Waals surface area contributed by atoms with Crippen LogP contribution in [-0.2, 0) is 0 Å². The lowest BCUT2D eigenvalue weighted by Gasteiger charge is -2.32. The molecular formula is C17H20N4OS2. The Morgan fingerprint density at radius 3 is 2.88 bits per heavy atom. The lowest BCUT2D eigenvalue weighted by Crippen LogP contribution is -2.49. The van der Waals surface area contributed by atoms with Gasteiger partial charge in [-0.15, -0.1) is 0 Å². The molecule has 1 fully saturated rings. The number of fused-ring (bicyclic) bond motifs is 1. The Kier molecular flexibility index (Phi) is 4.18. The third-order valence-corrected chi connectivity index (χ3v) is 7.20. The van der Waals surface area contributed by atoms with Crippen LogP contribution in [0.1, 0.15) is 19.8 Å². The predicted molar refractivity (Wildman–Crippen MR) is 101 cm³/mol. The normalized spacial score (nSPS) is 31.2. The Hall–Kier alpha value is -1.31. The number of nitrogens with zero attached hydrogens (tertiary/aromatic N) is 3. The number of aliphatic imine (C=N–C) groups is 1. The highest BCUT2D eigenvalue weighted by Crippen LogP contribution is 2.45. The molecule has 0 radical (unpaired) electrons. The molecule has 24 heavy (non-hydrogen) atoms. The van der Waals surface area contributed by atoms with E-state index in [2.05, 4.69) is 29.0 Å². The van der Waals surface area contributed by atoms with Crippen molar-refractivity contribution < 1.29 is 4.74 Å². The lowest BCUT2D eigenvalue weighted by molar-refractivity contribution is 0.413. The van der Waals surface area contributed by atoms with Crippen molar-refractivity contribution in [2.45, 2.75) is 36.1 Å². The van der Waals surface area contributed by atoms with Gasteiger partial charge in [0.05, 0.1) is 27.6 Å². The van der Waals surface area contributed by atoms with Crippen molar-refractivity contribution in [2.24, 2.45) is 10.7 Å². The highest BCUT2D eigenvalue weighted by atomic mass is 32.2. The maximum Gasteiger partial charge on any atom is 0.237 e. The Labute approximate surface area is 150 Å². The average Bonchev–Trinajstić information content (AvgIpc) is 2.94. The van der Waals surface area contributed by atoms with E-state index in [1.807, 2.05) is 17.8 Å². The summed E-state index contributed by atoms with van der Waals surface area (Å²) in [5.74, 6) is 3.52. The summed E-state index contributed by atoms with van der Waals surface area (Å²) < 4.78 is 5.82. The van der Waals surface area contributed by atoms with E-state index in [-0.39, 0.29) is 16.3 Å². The van der Waals surface area contributed by atoms with E-state index >= 15 is 0 Å². The summed E-state index contributed by atoms with van der Waals surface area (Å²) in [4.78, 5) is 13.2. The van der Waals surface area contributed by atoms with Crippen LogP contribution in [0.25, 0.3) is 0 Å². The molecule has 2 aliphatic heterocycles. The fourth-order valence-electron chi connectivity index (χ4n) is 3.04. The van der Waals surface area contributed by atoms with Crippen LogP contribution in [-0.4, -0.2) is 42.8 Å². The quantitative estimate of drug-likeness (QED) is 0.893. The second kappa shape index (κ2) is 6.20. The fraction of sp³-hybridized carbons (Fsp3) is 0.471. The Morgan fingerprint density at radius 1 is 1.29 bits per heavy atom. The molecule has 4 rings (SSSR count). The van der Waals surface area contributed by atoms with Crippen molar-refractivity contribution in [3.05, 3.63) is 42.6 Å². The summed E-state index contributed by atoms with van der Waals surface area (Å²) in [5.41, 5.74) is 6.17. The van der Waals surface area contributed by atoms with Crippen molar-refractivity contribution in [3.63, 3.8) is 0 Å². The van der Waals surface area contributed by atoms with Gasteiger partial charge in [0.2, 0.25) is 5.88 Å². The first-order valence-corrected chi connectivity index (χ1v) is 10.1. The molecule has 1 aromatic rings. The summed E-state index contributed by atoms with van der Waals surface area (Å²) in [6, 6.07) is 0. The van der Waals surface area contributed by atoms with Gasteiger partial charge in [-0.1, -0.05) is 17.8 Å². The topological polar surface area (TPSA) is 73.4 Å². The molecule has 2 atom stereocenters. The molecule has 1 saturated heterocycles. The molecule has 1 aromatic heterocycles. The van der Waals surface area contributed by atoms with Crippen molar-refractivity contribution in [1.82, 2.24) is 9.97 Å². The van der Waals surface area contributed by atoms with E-state index in [0.29, 0.717) is 5.88 Å². The van der Waals surface area contributed by atoms with E-state index in [1.165, 1.54) is 0 Å². The molecule has 2 unspecified atom stereocenters. The van der Waals surface area contributed by atoms with Crippen LogP contribution in [0, 0.1) is 0 Å². The fourth-order valence-corrected chi connectivity index (χ4v) is 5.77. The van der Waals surface area contributed by atoms with E-state index < -0.39 is 0 Å². The number of nitrogens with two attached hydrogens (primary N) is 1. The molecule has 0 saturated carbocycles. The summed E-state index contributed by atoms with van der Waals surface area (Å²) in [7, 11) is 0. The first-order valence-electron chi connectivity index (χ1n) is 8.06. The molecular weight excluding hydrogens is 340 g/mol. The molecule has 0 spiro atoms. The summed E-state index contributed by atoms with van der Waals surface area (Å²) in [5, 5.41) is 1.30. The van der Waals surface area contributed by atoms with E-state index in [1.54, 1.807) is 30.4 Å². The molecule has 2 N–H and O–H groups in total. The standard InChI is InChI=1S/C17H20N4OS2/c1-16-3-2-12(22-14-11-19-6-7-20-14)10-13(16)24-15(21-16)17(18)4-8-23-9-5-17/h2-3,6-7,10-11,13H,4-5,8-9,18H2,1H3. The molecule has 3 aliphatic rings.